The summed E-state index contributed by atoms with van der Waals surface area (Å²) in [6.45, 7) is 6.58. The second-order valence-electron chi connectivity index (χ2n) is 4.36. The van der Waals surface area contributed by atoms with Crippen molar-refractivity contribution < 1.29 is 0 Å². The van der Waals surface area contributed by atoms with Crippen LogP contribution in [0.5, 0.6) is 0 Å². The van der Waals surface area contributed by atoms with Crippen LogP contribution in [0, 0.1) is 5.92 Å². The van der Waals surface area contributed by atoms with E-state index in [1.807, 2.05) is 7.05 Å². The van der Waals surface area contributed by atoms with Crippen LogP contribution in [-0.2, 0) is 13.5 Å². The molecule has 1 aromatic heterocycles. The molecule has 0 radical (unpaired) electrons. The van der Waals surface area contributed by atoms with Gasteiger partial charge in [-0.2, -0.15) is 5.10 Å². The van der Waals surface area contributed by atoms with E-state index < -0.39 is 0 Å². The number of hydrogen-bond donors (Lipinski definition) is 1. The van der Waals surface area contributed by atoms with Gasteiger partial charge in [-0.05, 0) is 25.4 Å². The molecule has 0 spiro atoms. The van der Waals surface area contributed by atoms with E-state index in [1.165, 1.54) is 0 Å². The minimum atomic E-state index is 0.725. The van der Waals surface area contributed by atoms with E-state index in [4.69, 9.17) is 0 Å². The highest BCUT2D eigenvalue weighted by atomic mass is 15.3. The summed E-state index contributed by atoms with van der Waals surface area (Å²) in [4.78, 5) is 4.16. The Bertz CT molecular complexity index is 315. The Labute approximate surface area is 97.8 Å². The minimum absolute atomic E-state index is 0.725. The number of aromatic nitrogens is 3. The molecule has 0 amide bonds. The van der Waals surface area contributed by atoms with Gasteiger partial charge in [-0.25, -0.2) is 4.98 Å². The summed E-state index contributed by atoms with van der Waals surface area (Å²) >= 11 is 0. The Hall–Kier alpha value is -1.16. The quantitative estimate of drug-likeness (QED) is 0.562. The first kappa shape index (κ1) is 12.9. The maximum Gasteiger partial charge on any atom is 0.138 e. The lowest BCUT2D eigenvalue weighted by Crippen LogP contribution is -2.20. The Morgan fingerprint density at radius 2 is 2.25 bits per heavy atom. The topological polar surface area (TPSA) is 42.7 Å². The molecular formula is C12H22N4. The summed E-state index contributed by atoms with van der Waals surface area (Å²) in [5, 5.41) is 7.43. The van der Waals surface area contributed by atoms with E-state index in [1.54, 1.807) is 11.0 Å². The molecule has 1 N–H and O–H groups in total. The number of rotatable bonds is 7. The molecule has 1 heterocycles. The largest absolute Gasteiger partial charge is 0.316 e. The smallest absolute Gasteiger partial charge is 0.138 e. The lowest BCUT2D eigenvalue weighted by Gasteiger charge is -2.04. The highest BCUT2D eigenvalue weighted by Gasteiger charge is 1.95. The summed E-state index contributed by atoms with van der Waals surface area (Å²) in [6.07, 6.45) is 7.88. The molecule has 0 unspecified atom stereocenters. The summed E-state index contributed by atoms with van der Waals surface area (Å²) in [5.74, 6) is 1.73. The Morgan fingerprint density at radius 3 is 2.88 bits per heavy atom. The van der Waals surface area contributed by atoms with E-state index in [0.29, 0.717) is 0 Å². The van der Waals surface area contributed by atoms with E-state index in [0.717, 1.165) is 37.7 Å². The van der Waals surface area contributed by atoms with Crippen LogP contribution in [-0.4, -0.2) is 27.9 Å². The average molecular weight is 222 g/mol. The van der Waals surface area contributed by atoms with Gasteiger partial charge in [0.15, 0.2) is 0 Å². The normalized spacial score (nSPS) is 11.8. The van der Waals surface area contributed by atoms with Crippen LogP contribution in [0.4, 0.5) is 0 Å². The van der Waals surface area contributed by atoms with Gasteiger partial charge in [0.2, 0.25) is 0 Å². The van der Waals surface area contributed by atoms with E-state index in [2.05, 4.69) is 41.4 Å². The zero-order chi connectivity index (χ0) is 11.8. The fourth-order valence-electron chi connectivity index (χ4n) is 1.39. The lowest BCUT2D eigenvalue weighted by atomic mass is 10.2. The molecular weight excluding hydrogens is 200 g/mol. The summed E-state index contributed by atoms with van der Waals surface area (Å²) in [5.41, 5.74) is 0. The predicted octanol–water partition coefficient (Wildman–Crippen LogP) is 1.55. The Morgan fingerprint density at radius 1 is 1.44 bits per heavy atom. The molecule has 1 rings (SSSR count). The maximum atomic E-state index is 4.16. The van der Waals surface area contributed by atoms with Gasteiger partial charge in [0, 0.05) is 13.5 Å². The van der Waals surface area contributed by atoms with Gasteiger partial charge in [0.25, 0.3) is 0 Å². The molecule has 16 heavy (non-hydrogen) atoms. The van der Waals surface area contributed by atoms with Crippen LogP contribution in [0.25, 0.3) is 0 Å². The number of aryl methyl sites for hydroxylation is 1. The van der Waals surface area contributed by atoms with Crippen LogP contribution in [0.15, 0.2) is 18.5 Å². The van der Waals surface area contributed by atoms with E-state index in [9.17, 15) is 0 Å². The molecule has 90 valence electrons. The third-order valence-electron chi connectivity index (χ3n) is 2.31. The maximum absolute atomic E-state index is 4.16. The zero-order valence-electron chi connectivity index (χ0n) is 10.5. The van der Waals surface area contributed by atoms with Crippen molar-refractivity contribution >= 4 is 0 Å². The SMILES string of the molecule is CC(C)CNCCC=CCc1ncnn1C. The Kier molecular flexibility index (Phi) is 5.78. The van der Waals surface area contributed by atoms with Crippen molar-refractivity contribution in [2.45, 2.75) is 26.7 Å². The molecule has 1 aromatic rings. The number of hydrogen-bond acceptors (Lipinski definition) is 3. The number of allylic oxidation sites excluding steroid dienone is 1. The van der Waals surface area contributed by atoms with Gasteiger partial charge in [-0.1, -0.05) is 26.0 Å². The first-order valence-corrected chi connectivity index (χ1v) is 5.88. The van der Waals surface area contributed by atoms with Crippen LogP contribution in [0.2, 0.25) is 0 Å². The van der Waals surface area contributed by atoms with Crippen molar-refractivity contribution in [3.05, 3.63) is 24.3 Å². The van der Waals surface area contributed by atoms with Gasteiger partial charge < -0.3 is 5.32 Å². The van der Waals surface area contributed by atoms with E-state index in [-0.39, 0.29) is 0 Å². The van der Waals surface area contributed by atoms with Gasteiger partial charge in [0.05, 0.1) is 0 Å². The summed E-state index contributed by atoms with van der Waals surface area (Å²) in [6, 6.07) is 0. The predicted molar refractivity (Wildman–Crippen MR) is 66.2 cm³/mol. The Balaban J connectivity index is 2.07. The van der Waals surface area contributed by atoms with Gasteiger partial charge in [0.1, 0.15) is 12.2 Å². The zero-order valence-corrected chi connectivity index (χ0v) is 10.5. The monoisotopic (exact) mass is 222 g/mol. The molecule has 0 aromatic carbocycles. The first-order chi connectivity index (χ1) is 7.70. The fourth-order valence-corrected chi connectivity index (χ4v) is 1.39. The van der Waals surface area contributed by atoms with Crippen molar-refractivity contribution in [3.8, 4) is 0 Å². The molecule has 0 fully saturated rings. The fraction of sp³-hybridized carbons (Fsp3) is 0.667. The van der Waals surface area contributed by atoms with Crippen molar-refractivity contribution in [1.82, 2.24) is 20.1 Å². The van der Waals surface area contributed by atoms with Gasteiger partial charge in [-0.15, -0.1) is 0 Å². The number of nitrogens with one attached hydrogen (secondary N) is 1. The van der Waals surface area contributed by atoms with Crippen LogP contribution in [0.3, 0.4) is 0 Å². The van der Waals surface area contributed by atoms with Crippen molar-refractivity contribution in [1.29, 1.82) is 0 Å². The van der Waals surface area contributed by atoms with Crippen LogP contribution in [0.1, 0.15) is 26.1 Å². The molecule has 0 bridgehead atoms. The molecule has 0 saturated heterocycles. The molecule has 0 atom stereocenters. The third kappa shape index (κ3) is 5.07. The average Bonchev–Trinajstić information content (AvgIpc) is 2.62. The highest BCUT2D eigenvalue weighted by molar-refractivity contribution is 4.95. The highest BCUT2D eigenvalue weighted by Crippen LogP contribution is 1.94. The minimum Gasteiger partial charge on any atom is -0.316 e. The second-order valence-corrected chi connectivity index (χ2v) is 4.36. The molecule has 0 aliphatic heterocycles. The molecule has 4 nitrogen and oxygen atoms in total. The molecule has 0 saturated carbocycles. The second kappa shape index (κ2) is 7.17. The number of nitrogens with zero attached hydrogens (tertiary/aromatic N) is 3. The van der Waals surface area contributed by atoms with Crippen molar-refractivity contribution in [3.63, 3.8) is 0 Å². The molecule has 0 aliphatic carbocycles. The van der Waals surface area contributed by atoms with Gasteiger partial charge in [-0.3, -0.25) is 4.68 Å². The van der Waals surface area contributed by atoms with E-state index >= 15 is 0 Å². The standard InChI is InChI=1S/C12H22N4/c1-11(2)9-13-8-6-4-5-7-12-14-10-15-16(12)3/h4-5,10-11,13H,6-9H2,1-3H3. The summed E-state index contributed by atoms with van der Waals surface area (Å²) in [7, 11) is 1.92. The summed E-state index contributed by atoms with van der Waals surface area (Å²) < 4.78 is 1.81. The van der Waals surface area contributed by atoms with Crippen LogP contribution >= 0.6 is 0 Å². The van der Waals surface area contributed by atoms with Gasteiger partial charge >= 0.3 is 0 Å². The third-order valence-corrected chi connectivity index (χ3v) is 2.31. The van der Waals surface area contributed by atoms with Crippen molar-refractivity contribution in [2.75, 3.05) is 13.1 Å². The van der Waals surface area contributed by atoms with Crippen molar-refractivity contribution in [2.24, 2.45) is 13.0 Å². The molecule has 4 heteroatoms. The lowest BCUT2D eigenvalue weighted by molar-refractivity contribution is 0.556. The van der Waals surface area contributed by atoms with Crippen LogP contribution < -0.4 is 5.32 Å². The molecule has 0 aliphatic rings. The first-order valence-electron chi connectivity index (χ1n) is 5.88.